The zero-order chi connectivity index (χ0) is 24.5. The first-order valence-electron chi connectivity index (χ1n) is 12.6. The van der Waals surface area contributed by atoms with Crippen molar-refractivity contribution in [2.45, 2.75) is 71.8 Å². The fourth-order valence-electron chi connectivity index (χ4n) is 2.65. The van der Waals surface area contributed by atoms with Crippen LogP contribution in [0.1, 0.15) is 65.7 Å². The van der Waals surface area contributed by atoms with Gasteiger partial charge < -0.3 is 32.2 Å². The average molecular weight is 493 g/mol. The number of ether oxygens (including phenoxy) is 4. The van der Waals surface area contributed by atoms with Gasteiger partial charge >= 0.3 is 14.8 Å². The van der Waals surface area contributed by atoms with Crippen LogP contribution in [0, 0.1) is 0 Å². The molecule has 0 saturated carbocycles. The SMILES string of the molecule is C=CC(=O)OCCOCCOCCOCCC[Si](OCCCC)(OCCCC)OCCCC. The second-order valence-electron chi connectivity index (χ2n) is 7.60. The molecule has 0 aromatic heterocycles. The Hall–Kier alpha value is -0.813. The summed E-state index contributed by atoms with van der Waals surface area (Å²) in [6, 6.07) is 0.773. The molecular formula is C24H48O8Si. The van der Waals surface area contributed by atoms with Gasteiger partial charge in [0.05, 0.1) is 33.0 Å². The second kappa shape index (κ2) is 24.3. The summed E-state index contributed by atoms with van der Waals surface area (Å²) in [6.45, 7) is 15.0. The molecule has 0 unspecified atom stereocenters. The summed E-state index contributed by atoms with van der Waals surface area (Å²) in [6.07, 6.45) is 8.27. The van der Waals surface area contributed by atoms with E-state index in [1.165, 1.54) is 0 Å². The van der Waals surface area contributed by atoms with E-state index in [0.29, 0.717) is 59.5 Å². The molecule has 0 rings (SSSR count). The summed E-state index contributed by atoms with van der Waals surface area (Å²) < 4.78 is 40.1. The molecule has 8 nitrogen and oxygen atoms in total. The van der Waals surface area contributed by atoms with Gasteiger partial charge in [0.2, 0.25) is 0 Å². The maximum absolute atomic E-state index is 10.9. The number of hydrogen-bond donors (Lipinski definition) is 0. The smallest absolute Gasteiger partial charge is 0.460 e. The molecule has 33 heavy (non-hydrogen) atoms. The third-order valence-electron chi connectivity index (χ3n) is 4.61. The Balaban J connectivity index is 4.04. The van der Waals surface area contributed by atoms with Crippen LogP contribution in [0.15, 0.2) is 12.7 Å². The molecule has 0 fully saturated rings. The van der Waals surface area contributed by atoms with E-state index < -0.39 is 14.8 Å². The van der Waals surface area contributed by atoms with Gasteiger partial charge in [-0.2, -0.15) is 0 Å². The zero-order valence-electron chi connectivity index (χ0n) is 21.3. The molecule has 196 valence electrons. The van der Waals surface area contributed by atoms with Crippen LogP contribution in [0.3, 0.4) is 0 Å². The summed E-state index contributed by atoms with van der Waals surface area (Å²) in [5.41, 5.74) is 0. The number of rotatable bonds is 26. The van der Waals surface area contributed by atoms with Crippen molar-refractivity contribution >= 4 is 14.8 Å². The Morgan fingerprint density at radius 3 is 1.48 bits per heavy atom. The van der Waals surface area contributed by atoms with E-state index in [1.807, 2.05) is 0 Å². The first-order chi connectivity index (χ1) is 16.1. The third-order valence-corrected chi connectivity index (χ3v) is 7.51. The van der Waals surface area contributed by atoms with Crippen LogP contribution in [-0.4, -0.2) is 80.8 Å². The van der Waals surface area contributed by atoms with Gasteiger partial charge in [-0.25, -0.2) is 4.79 Å². The molecular weight excluding hydrogens is 444 g/mol. The van der Waals surface area contributed by atoms with E-state index in [2.05, 4.69) is 27.4 Å². The van der Waals surface area contributed by atoms with Gasteiger partial charge in [-0.15, -0.1) is 0 Å². The number of esters is 1. The number of carbonyl (C=O) groups is 1. The highest BCUT2D eigenvalue weighted by Crippen LogP contribution is 2.20. The number of hydrogen-bond acceptors (Lipinski definition) is 8. The van der Waals surface area contributed by atoms with E-state index >= 15 is 0 Å². The molecule has 0 aromatic carbocycles. The fourth-order valence-corrected chi connectivity index (χ4v) is 5.28. The summed E-state index contributed by atoms with van der Waals surface area (Å²) in [7, 11) is -2.68. The summed E-state index contributed by atoms with van der Waals surface area (Å²) in [5.74, 6) is -0.445. The van der Waals surface area contributed by atoms with E-state index in [9.17, 15) is 4.79 Å². The van der Waals surface area contributed by atoms with Gasteiger partial charge in [0, 0.05) is 38.5 Å². The van der Waals surface area contributed by atoms with Crippen molar-refractivity contribution in [2.24, 2.45) is 0 Å². The largest absolute Gasteiger partial charge is 0.501 e. The predicted molar refractivity (Wildman–Crippen MR) is 131 cm³/mol. The minimum Gasteiger partial charge on any atom is -0.460 e. The molecule has 0 radical (unpaired) electrons. The monoisotopic (exact) mass is 492 g/mol. The molecule has 0 bridgehead atoms. The maximum atomic E-state index is 10.9. The Morgan fingerprint density at radius 1 is 0.636 bits per heavy atom. The molecule has 0 aliphatic rings. The first-order valence-corrected chi connectivity index (χ1v) is 14.5. The Morgan fingerprint density at radius 2 is 1.06 bits per heavy atom. The average Bonchev–Trinajstić information content (AvgIpc) is 2.82. The predicted octanol–water partition coefficient (Wildman–Crippen LogP) is 4.54. The molecule has 0 aliphatic heterocycles. The van der Waals surface area contributed by atoms with Crippen molar-refractivity contribution < 1.29 is 37.0 Å². The fraction of sp³-hybridized carbons (Fsp3) is 0.875. The van der Waals surface area contributed by atoms with E-state index in [1.54, 1.807) is 0 Å². The van der Waals surface area contributed by atoms with Gasteiger partial charge in [-0.1, -0.05) is 46.6 Å². The Labute approximate surface area is 202 Å². The van der Waals surface area contributed by atoms with Crippen molar-refractivity contribution in [3.8, 4) is 0 Å². The van der Waals surface area contributed by atoms with Crippen molar-refractivity contribution in [2.75, 3.05) is 66.1 Å². The summed E-state index contributed by atoms with van der Waals surface area (Å²) in [4.78, 5) is 10.9. The standard InChI is InChI=1S/C24H48O8Si/c1-5-9-14-30-33(31-15-10-6-2,32-16-11-7-3)23-12-13-26-17-18-27-19-20-28-21-22-29-24(25)8-4/h8H,4-7,9-23H2,1-3H3. The molecule has 0 amide bonds. The maximum Gasteiger partial charge on any atom is 0.501 e. The van der Waals surface area contributed by atoms with Gasteiger partial charge in [-0.05, 0) is 25.7 Å². The lowest BCUT2D eigenvalue weighted by atomic mass is 10.4. The van der Waals surface area contributed by atoms with Crippen LogP contribution >= 0.6 is 0 Å². The lowest BCUT2D eigenvalue weighted by molar-refractivity contribution is -0.139. The van der Waals surface area contributed by atoms with Crippen LogP contribution in [0.5, 0.6) is 0 Å². The minimum absolute atomic E-state index is 0.214. The van der Waals surface area contributed by atoms with Crippen LogP contribution in [-0.2, 0) is 37.0 Å². The van der Waals surface area contributed by atoms with Gasteiger partial charge in [0.15, 0.2) is 0 Å². The zero-order valence-corrected chi connectivity index (χ0v) is 22.3. The normalized spacial score (nSPS) is 11.6. The van der Waals surface area contributed by atoms with Crippen molar-refractivity contribution in [3.63, 3.8) is 0 Å². The van der Waals surface area contributed by atoms with E-state index in [0.717, 1.165) is 57.1 Å². The van der Waals surface area contributed by atoms with Crippen LogP contribution in [0.4, 0.5) is 0 Å². The van der Waals surface area contributed by atoms with Crippen molar-refractivity contribution in [1.29, 1.82) is 0 Å². The summed E-state index contributed by atoms with van der Waals surface area (Å²) >= 11 is 0. The highest BCUT2D eigenvalue weighted by molar-refractivity contribution is 6.60. The van der Waals surface area contributed by atoms with Gasteiger partial charge in [-0.3, -0.25) is 0 Å². The number of carbonyl (C=O) groups excluding carboxylic acids is 1. The first kappa shape index (κ1) is 32.2. The highest BCUT2D eigenvalue weighted by Gasteiger charge is 2.40. The summed E-state index contributed by atoms with van der Waals surface area (Å²) in [5, 5.41) is 0. The molecule has 9 heteroatoms. The minimum atomic E-state index is -2.68. The second-order valence-corrected chi connectivity index (χ2v) is 10.3. The van der Waals surface area contributed by atoms with E-state index in [-0.39, 0.29) is 6.61 Å². The lowest BCUT2D eigenvalue weighted by Gasteiger charge is -2.30. The van der Waals surface area contributed by atoms with Gasteiger partial charge in [0.25, 0.3) is 0 Å². The van der Waals surface area contributed by atoms with Gasteiger partial charge in [0.1, 0.15) is 6.61 Å². The molecule has 0 heterocycles. The molecule has 0 aromatic rings. The molecule has 0 saturated heterocycles. The molecule has 0 atom stereocenters. The van der Waals surface area contributed by atoms with Crippen molar-refractivity contribution in [1.82, 2.24) is 0 Å². The Bertz CT molecular complexity index is 424. The molecule has 0 aliphatic carbocycles. The lowest BCUT2D eigenvalue weighted by Crippen LogP contribution is -2.46. The quantitative estimate of drug-likeness (QED) is 0.0753. The van der Waals surface area contributed by atoms with Crippen LogP contribution in [0.25, 0.3) is 0 Å². The van der Waals surface area contributed by atoms with Crippen molar-refractivity contribution in [3.05, 3.63) is 12.7 Å². The topological polar surface area (TPSA) is 81.7 Å². The van der Waals surface area contributed by atoms with Crippen LogP contribution < -0.4 is 0 Å². The number of unbranched alkanes of at least 4 members (excludes halogenated alkanes) is 3. The molecule has 0 spiro atoms. The van der Waals surface area contributed by atoms with E-state index in [4.69, 9.17) is 32.2 Å². The Kier molecular flexibility index (Phi) is 23.7. The highest BCUT2D eigenvalue weighted by atomic mass is 28.4. The van der Waals surface area contributed by atoms with Crippen LogP contribution in [0.2, 0.25) is 6.04 Å². The molecule has 0 N–H and O–H groups in total. The third kappa shape index (κ3) is 20.3.